The van der Waals surface area contributed by atoms with E-state index in [2.05, 4.69) is 29.3 Å². The molecule has 0 aliphatic carbocycles. The summed E-state index contributed by atoms with van der Waals surface area (Å²) in [6.07, 6.45) is 0.311. The lowest BCUT2D eigenvalue weighted by molar-refractivity contribution is -0.0510. The molecule has 5 heteroatoms. The smallest absolute Gasteiger partial charge is 0.186 e. The zero-order valence-corrected chi connectivity index (χ0v) is 13.2. The predicted octanol–water partition coefficient (Wildman–Crippen LogP) is 3.05. The summed E-state index contributed by atoms with van der Waals surface area (Å²) in [6.45, 7) is 4.43. The minimum Gasteiger partial charge on any atom is -0.382 e. The number of benzene rings is 1. The van der Waals surface area contributed by atoms with Crippen molar-refractivity contribution >= 4 is 16.5 Å². The van der Waals surface area contributed by atoms with E-state index in [0.29, 0.717) is 6.61 Å². The highest BCUT2D eigenvalue weighted by Gasteiger charge is 2.27. The second-order valence-corrected chi connectivity index (χ2v) is 6.15. The zero-order valence-electron chi connectivity index (χ0n) is 12.4. The Kier molecular flexibility index (Phi) is 4.53. The van der Waals surface area contributed by atoms with Gasteiger partial charge < -0.3 is 14.4 Å². The quantitative estimate of drug-likeness (QED) is 0.869. The highest BCUT2D eigenvalue weighted by molar-refractivity contribution is 7.14. The van der Waals surface area contributed by atoms with E-state index >= 15 is 0 Å². The van der Waals surface area contributed by atoms with Crippen LogP contribution in [0, 0.1) is 0 Å². The molecule has 1 aliphatic rings. The van der Waals surface area contributed by atoms with Gasteiger partial charge in [-0.1, -0.05) is 30.3 Å². The topological polar surface area (TPSA) is 34.6 Å². The van der Waals surface area contributed by atoms with Crippen LogP contribution in [0.1, 0.15) is 6.92 Å². The molecule has 0 radical (unpaired) electrons. The van der Waals surface area contributed by atoms with Crippen LogP contribution in [0.2, 0.25) is 0 Å². The molecular weight excluding hydrogens is 284 g/mol. The van der Waals surface area contributed by atoms with Crippen molar-refractivity contribution in [1.82, 2.24) is 4.98 Å². The summed E-state index contributed by atoms with van der Waals surface area (Å²) in [5.74, 6) is 0. The van der Waals surface area contributed by atoms with Crippen molar-refractivity contribution in [3.8, 4) is 11.3 Å². The average Bonchev–Trinajstić information content (AvgIpc) is 2.98. The van der Waals surface area contributed by atoms with E-state index < -0.39 is 0 Å². The van der Waals surface area contributed by atoms with Crippen LogP contribution in [-0.2, 0) is 9.47 Å². The van der Waals surface area contributed by atoms with E-state index in [0.717, 1.165) is 29.5 Å². The van der Waals surface area contributed by atoms with Crippen molar-refractivity contribution in [2.45, 2.75) is 19.1 Å². The Bertz CT molecular complexity index is 573. The Labute approximate surface area is 129 Å². The number of hydrogen-bond acceptors (Lipinski definition) is 5. The van der Waals surface area contributed by atoms with Gasteiger partial charge in [-0.25, -0.2) is 4.98 Å². The van der Waals surface area contributed by atoms with Gasteiger partial charge in [0.15, 0.2) is 5.13 Å². The Hall–Kier alpha value is -1.43. The number of nitrogens with zero attached hydrogens (tertiary/aromatic N) is 2. The van der Waals surface area contributed by atoms with Gasteiger partial charge in [0, 0.05) is 31.1 Å². The number of aromatic nitrogens is 1. The SMILES string of the molecule is COCC1CN(c2nc(-c3ccccc3)cs2)CC(C)O1. The summed E-state index contributed by atoms with van der Waals surface area (Å²) >= 11 is 1.69. The van der Waals surface area contributed by atoms with Crippen LogP contribution in [0.5, 0.6) is 0 Å². The summed E-state index contributed by atoms with van der Waals surface area (Å²) in [5, 5.41) is 3.18. The fourth-order valence-electron chi connectivity index (χ4n) is 2.63. The van der Waals surface area contributed by atoms with Crippen molar-refractivity contribution in [2.24, 2.45) is 0 Å². The van der Waals surface area contributed by atoms with Crippen LogP contribution in [0.4, 0.5) is 5.13 Å². The first-order valence-corrected chi connectivity index (χ1v) is 8.04. The van der Waals surface area contributed by atoms with Crippen LogP contribution in [0.3, 0.4) is 0 Å². The van der Waals surface area contributed by atoms with Crippen molar-refractivity contribution < 1.29 is 9.47 Å². The van der Waals surface area contributed by atoms with Crippen LogP contribution in [0.25, 0.3) is 11.3 Å². The minimum absolute atomic E-state index is 0.114. The Morgan fingerprint density at radius 3 is 2.90 bits per heavy atom. The molecule has 1 saturated heterocycles. The maximum Gasteiger partial charge on any atom is 0.186 e. The molecule has 1 fully saturated rings. The zero-order chi connectivity index (χ0) is 14.7. The number of methoxy groups -OCH3 is 1. The number of rotatable bonds is 4. The van der Waals surface area contributed by atoms with Crippen molar-refractivity contribution in [3.05, 3.63) is 35.7 Å². The van der Waals surface area contributed by atoms with E-state index in [1.807, 2.05) is 18.2 Å². The maximum absolute atomic E-state index is 5.88. The molecular formula is C16H20N2O2S. The molecule has 4 nitrogen and oxygen atoms in total. The first-order chi connectivity index (χ1) is 10.3. The predicted molar refractivity (Wildman–Crippen MR) is 86.0 cm³/mol. The van der Waals surface area contributed by atoms with Crippen LogP contribution >= 0.6 is 11.3 Å². The number of thiazole rings is 1. The van der Waals surface area contributed by atoms with Crippen molar-refractivity contribution in [1.29, 1.82) is 0 Å². The largest absolute Gasteiger partial charge is 0.382 e. The molecule has 1 aromatic heterocycles. The van der Waals surface area contributed by atoms with Gasteiger partial charge in [-0.3, -0.25) is 0 Å². The number of anilines is 1. The molecule has 0 N–H and O–H groups in total. The van der Waals surface area contributed by atoms with Crippen LogP contribution in [0.15, 0.2) is 35.7 Å². The Morgan fingerprint density at radius 1 is 1.33 bits per heavy atom. The summed E-state index contributed by atoms with van der Waals surface area (Å²) in [5.41, 5.74) is 2.20. The summed E-state index contributed by atoms with van der Waals surface area (Å²) in [4.78, 5) is 7.08. The third-order valence-corrected chi connectivity index (χ3v) is 4.41. The minimum atomic E-state index is 0.114. The van der Waals surface area contributed by atoms with Crippen LogP contribution < -0.4 is 4.90 Å². The van der Waals surface area contributed by atoms with E-state index in [1.54, 1.807) is 18.4 Å². The van der Waals surface area contributed by atoms with E-state index in [-0.39, 0.29) is 12.2 Å². The number of hydrogen-bond donors (Lipinski definition) is 0. The molecule has 0 amide bonds. The lowest BCUT2D eigenvalue weighted by atomic mass is 10.2. The molecule has 3 rings (SSSR count). The van der Waals surface area contributed by atoms with Crippen molar-refractivity contribution in [3.63, 3.8) is 0 Å². The van der Waals surface area contributed by atoms with Gasteiger partial charge >= 0.3 is 0 Å². The molecule has 1 aliphatic heterocycles. The summed E-state index contributed by atoms with van der Waals surface area (Å²) < 4.78 is 11.1. The van der Waals surface area contributed by atoms with E-state index in [9.17, 15) is 0 Å². The van der Waals surface area contributed by atoms with Gasteiger partial charge in [0.25, 0.3) is 0 Å². The second-order valence-electron chi connectivity index (χ2n) is 5.31. The monoisotopic (exact) mass is 304 g/mol. The lowest BCUT2D eigenvalue weighted by Crippen LogP contribution is -2.48. The molecule has 0 spiro atoms. The van der Waals surface area contributed by atoms with E-state index in [4.69, 9.17) is 14.5 Å². The Morgan fingerprint density at radius 2 is 2.14 bits per heavy atom. The molecule has 2 aromatic rings. The maximum atomic E-state index is 5.88. The molecule has 2 heterocycles. The van der Waals surface area contributed by atoms with Crippen LogP contribution in [-0.4, -0.2) is 44.0 Å². The number of ether oxygens (including phenoxy) is 2. The Balaban J connectivity index is 1.76. The van der Waals surface area contributed by atoms with Gasteiger partial charge in [-0.05, 0) is 6.92 Å². The van der Waals surface area contributed by atoms with Gasteiger partial charge in [-0.2, -0.15) is 0 Å². The molecule has 2 atom stereocenters. The first-order valence-electron chi connectivity index (χ1n) is 7.16. The van der Waals surface area contributed by atoms with Gasteiger partial charge in [0.1, 0.15) is 0 Å². The molecule has 0 bridgehead atoms. The van der Waals surface area contributed by atoms with Gasteiger partial charge in [0.05, 0.1) is 24.5 Å². The fraction of sp³-hybridized carbons (Fsp3) is 0.438. The summed E-state index contributed by atoms with van der Waals surface area (Å²) in [7, 11) is 1.71. The third kappa shape index (κ3) is 3.43. The molecule has 2 unspecified atom stereocenters. The molecule has 1 aromatic carbocycles. The normalized spacial score (nSPS) is 22.5. The molecule has 21 heavy (non-hydrogen) atoms. The third-order valence-electron chi connectivity index (χ3n) is 3.51. The van der Waals surface area contributed by atoms with Gasteiger partial charge in [0.2, 0.25) is 0 Å². The second kappa shape index (κ2) is 6.56. The first kappa shape index (κ1) is 14.5. The van der Waals surface area contributed by atoms with E-state index in [1.165, 1.54) is 0 Å². The van der Waals surface area contributed by atoms with Gasteiger partial charge in [-0.15, -0.1) is 11.3 Å². The van der Waals surface area contributed by atoms with Crippen molar-refractivity contribution in [2.75, 3.05) is 31.7 Å². The molecule has 112 valence electrons. The number of morpholine rings is 1. The highest BCUT2D eigenvalue weighted by Crippen LogP contribution is 2.29. The highest BCUT2D eigenvalue weighted by atomic mass is 32.1. The lowest BCUT2D eigenvalue weighted by Gasteiger charge is -2.36. The summed E-state index contributed by atoms with van der Waals surface area (Å²) in [6, 6.07) is 10.3. The average molecular weight is 304 g/mol. The standard InChI is InChI=1S/C16H20N2O2S/c1-12-8-18(9-14(20-12)10-19-2)16-17-15(11-21-16)13-6-4-3-5-7-13/h3-7,11-12,14H,8-10H2,1-2H3. The fourth-order valence-corrected chi connectivity index (χ4v) is 3.49. The molecule has 0 saturated carbocycles.